The summed E-state index contributed by atoms with van der Waals surface area (Å²) in [4.78, 5) is 25.6. The lowest BCUT2D eigenvalue weighted by atomic mass is 9.77. The fourth-order valence-corrected chi connectivity index (χ4v) is 4.32. The Balaban J connectivity index is 1.72. The summed E-state index contributed by atoms with van der Waals surface area (Å²) in [5.74, 6) is -0.215. The summed E-state index contributed by atoms with van der Waals surface area (Å²) in [5, 5.41) is 22.9. The van der Waals surface area contributed by atoms with Crippen LogP contribution in [0.1, 0.15) is 57.2 Å². The molecule has 3 aromatic rings. The molecule has 162 valence electrons. The van der Waals surface area contributed by atoms with Gasteiger partial charge in [-0.05, 0) is 48.9 Å². The van der Waals surface area contributed by atoms with Crippen LogP contribution in [0.3, 0.4) is 0 Å². The first-order valence-corrected chi connectivity index (χ1v) is 10.4. The van der Waals surface area contributed by atoms with Crippen molar-refractivity contribution >= 4 is 11.9 Å². The zero-order valence-corrected chi connectivity index (χ0v) is 17.3. The van der Waals surface area contributed by atoms with E-state index in [9.17, 15) is 19.8 Å². The minimum atomic E-state index is -1.38. The summed E-state index contributed by atoms with van der Waals surface area (Å²) in [6, 6.07) is 14.0. The maximum absolute atomic E-state index is 12.9. The number of hydrogen-bond acceptors (Lipinski definition) is 6. The zero-order valence-electron chi connectivity index (χ0n) is 17.3. The molecule has 32 heavy (non-hydrogen) atoms. The quantitative estimate of drug-likeness (QED) is 0.423. The summed E-state index contributed by atoms with van der Waals surface area (Å²) in [6.07, 6.45) is 1.83. The number of phenols is 2. The third kappa shape index (κ3) is 2.89. The highest BCUT2D eigenvalue weighted by molar-refractivity contribution is 6.00. The molecule has 0 atom stereocenters. The normalized spacial score (nSPS) is 14.7. The van der Waals surface area contributed by atoms with E-state index in [-0.39, 0.29) is 17.4 Å². The molecule has 2 heterocycles. The van der Waals surface area contributed by atoms with Gasteiger partial charge in [0.15, 0.2) is 5.60 Å². The predicted molar refractivity (Wildman–Crippen MR) is 115 cm³/mol. The standard InChI is InChI=1S/C25H21NO6/c1-2-3-10-26-23(29)14-4-7-17-20(11-14)25(32-24(17)30)18-8-5-15(27)12-21(18)31-22-13-16(28)6-9-19(22)25/h4-9,11-13,27-28H,2-3,10H2,1H3,(H,26,29). The number of benzene rings is 3. The molecule has 0 saturated heterocycles. The van der Waals surface area contributed by atoms with Gasteiger partial charge < -0.3 is 25.0 Å². The minimum absolute atomic E-state index is 0.0175. The van der Waals surface area contributed by atoms with Crippen LogP contribution in [0.2, 0.25) is 0 Å². The van der Waals surface area contributed by atoms with Gasteiger partial charge in [-0.2, -0.15) is 0 Å². The maximum Gasteiger partial charge on any atom is 0.340 e. The molecule has 0 aliphatic carbocycles. The number of carbonyl (C=O) groups is 2. The van der Waals surface area contributed by atoms with Crippen LogP contribution < -0.4 is 10.1 Å². The van der Waals surface area contributed by atoms with Crippen LogP contribution in [0, 0.1) is 0 Å². The van der Waals surface area contributed by atoms with Crippen LogP contribution in [0.5, 0.6) is 23.0 Å². The molecule has 0 aromatic heterocycles. The molecule has 0 saturated carbocycles. The average Bonchev–Trinajstić information content (AvgIpc) is 3.06. The number of ether oxygens (including phenoxy) is 2. The smallest absolute Gasteiger partial charge is 0.340 e. The second-order valence-corrected chi connectivity index (χ2v) is 7.90. The lowest BCUT2D eigenvalue weighted by molar-refractivity contribution is 0.0224. The van der Waals surface area contributed by atoms with Crippen molar-refractivity contribution < 1.29 is 29.3 Å². The summed E-state index contributed by atoms with van der Waals surface area (Å²) >= 11 is 0. The Morgan fingerprint density at radius 1 is 0.938 bits per heavy atom. The highest BCUT2D eigenvalue weighted by atomic mass is 16.6. The number of phenolic OH excluding ortho intramolecular Hbond substituents is 2. The van der Waals surface area contributed by atoms with E-state index in [1.807, 2.05) is 6.92 Å². The van der Waals surface area contributed by atoms with Crippen molar-refractivity contribution in [1.29, 1.82) is 0 Å². The monoisotopic (exact) mass is 431 g/mol. The van der Waals surface area contributed by atoms with Gasteiger partial charge in [0.2, 0.25) is 0 Å². The third-order valence-corrected chi connectivity index (χ3v) is 5.85. The van der Waals surface area contributed by atoms with Crippen LogP contribution >= 0.6 is 0 Å². The molecule has 3 aromatic carbocycles. The molecule has 7 heteroatoms. The van der Waals surface area contributed by atoms with Gasteiger partial charge >= 0.3 is 5.97 Å². The topological polar surface area (TPSA) is 105 Å². The molecule has 0 fully saturated rings. The average molecular weight is 431 g/mol. The lowest BCUT2D eigenvalue weighted by Crippen LogP contribution is -2.33. The minimum Gasteiger partial charge on any atom is -0.508 e. The molecule has 1 spiro atoms. The number of carbonyl (C=O) groups excluding carboxylic acids is 2. The first kappa shape index (κ1) is 19.9. The van der Waals surface area contributed by atoms with Gasteiger partial charge in [0.25, 0.3) is 5.91 Å². The Kier molecular flexibility index (Phi) is 4.55. The van der Waals surface area contributed by atoms with Crippen LogP contribution in [0.4, 0.5) is 0 Å². The number of nitrogens with one attached hydrogen (secondary N) is 1. The number of rotatable bonds is 4. The first-order valence-electron chi connectivity index (χ1n) is 10.4. The summed E-state index contributed by atoms with van der Waals surface area (Å²) in [5.41, 5.74) is 0.914. The maximum atomic E-state index is 12.9. The van der Waals surface area contributed by atoms with Gasteiger partial charge in [-0.1, -0.05) is 13.3 Å². The van der Waals surface area contributed by atoms with Crippen molar-refractivity contribution in [2.24, 2.45) is 0 Å². The molecular weight excluding hydrogens is 410 g/mol. The Morgan fingerprint density at radius 2 is 1.59 bits per heavy atom. The van der Waals surface area contributed by atoms with Crippen LogP contribution in [0.25, 0.3) is 0 Å². The highest BCUT2D eigenvalue weighted by Gasteiger charge is 2.53. The molecule has 3 N–H and O–H groups in total. The van der Waals surface area contributed by atoms with E-state index >= 15 is 0 Å². The van der Waals surface area contributed by atoms with E-state index in [0.29, 0.717) is 45.9 Å². The molecule has 0 unspecified atom stereocenters. The number of hydrogen-bond donors (Lipinski definition) is 3. The van der Waals surface area contributed by atoms with E-state index < -0.39 is 11.6 Å². The van der Waals surface area contributed by atoms with E-state index in [1.165, 1.54) is 24.3 Å². The second-order valence-electron chi connectivity index (χ2n) is 7.90. The number of aromatic hydroxyl groups is 2. The number of esters is 1. The lowest BCUT2D eigenvalue weighted by Gasteiger charge is -2.36. The molecule has 1 amide bonds. The van der Waals surface area contributed by atoms with Gasteiger partial charge in [0, 0.05) is 40.9 Å². The molecular formula is C25H21NO6. The summed E-state index contributed by atoms with van der Waals surface area (Å²) in [7, 11) is 0. The molecule has 7 nitrogen and oxygen atoms in total. The van der Waals surface area contributed by atoms with Gasteiger partial charge in [0.05, 0.1) is 5.56 Å². The Hall–Kier alpha value is -4.00. The predicted octanol–water partition coefficient (Wildman–Crippen LogP) is 4.20. The van der Waals surface area contributed by atoms with Gasteiger partial charge in [0.1, 0.15) is 23.0 Å². The molecule has 2 aliphatic heterocycles. The fourth-order valence-electron chi connectivity index (χ4n) is 4.32. The fraction of sp³-hybridized carbons (Fsp3) is 0.200. The van der Waals surface area contributed by atoms with Gasteiger partial charge in [-0.3, -0.25) is 4.79 Å². The summed E-state index contributed by atoms with van der Waals surface area (Å²) in [6.45, 7) is 2.61. The van der Waals surface area contributed by atoms with Crippen molar-refractivity contribution in [2.75, 3.05) is 6.54 Å². The van der Waals surface area contributed by atoms with Crippen molar-refractivity contribution in [2.45, 2.75) is 25.4 Å². The number of unbranched alkanes of at least 4 members (excludes halogenated alkanes) is 1. The van der Waals surface area contributed by atoms with E-state index in [0.717, 1.165) is 12.8 Å². The molecule has 5 rings (SSSR count). The third-order valence-electron chi connectivity index (χ3n) is 5.85. The molecule has 2 aliphatic rings. The van der Waals surface area contributed by atoms with Crippen LogP contribution in [-0.2, 0) is 10.3 Å². The zero-order chi connectivity index (χ0) is 22.5. The molecule has 0 radical (unpaired) electrons. The highest BCUT2D eigenvalue weighted by Crippen LogP contribution is 2.57. The van der Waals surface area contributed by atoms with Crippen molar-refractivity contribution in [3.8, 4) is 23.0 Å². The second kappa shape index (κ2) is 7.30. The van der Waals surface area contributed by atoms with E-state index in [1.54, 1.807) is 30.3 Å². The summed E-state index contributed by atoms with van der Waals surface area (Å²) < 4.78 is 11.9. The van der Waals surface area contributed by atoms with Crippen molar-refractivity contribution in [3.05, 3.63) is 82.4 Å². The van der Waals surface area contributed by atoms with Crippen molar-refractivity contribution in [1.82, 2.24) is 5.32 Å². The van der Waals surface area contributed by atoms with Crippen molar-refractivity contribution in [3.63, 3.8) is 0 Å². The van der Waals surface area contributed by atoms with Gasteiger partial charge in [-0.15, -0.1) is 0 Å². The van der Waals surface area contributed by atoms with E-state index in [2.05, 4.69) is 5.32 Å². The molecule has 0 bridgehead atoms. The Morgan fingerprint density at radius 3 is 2.22 bits per heavy atom. The number of fused-ring (bicyclic) bond motifs is 6. The largest absolute Gasteiger partial charge is 0.508 e. The Labute approximate surface area is 184 Å². The van der Waals surface area contributed by atoms with E-state index in [4.69, 9.17) is 9.47 Å². The van der Waals surface area contributed by atoms with Crippen LogP contribution in [0.15, 0.2) is 54.6 Å². The van der Waals surface area contributed by atoms with Crippen LogP contribution in [-0.4, -0.2) is 28.6 Å². The SMILES string of the molecule is CCCCNC(=O)c1ccc2c(c1)C1(OC2=O)c2ccc(O)cc2Oc2cc(O)ccc21. The Bertz CT molecular complexity index is 1210. The number of amides is 1. The van der Waals surface area contributed by atoms with Gasteiger partial charge in [-0.25, -0.2) is 4.79 Å². The first-order chi connectivity index (χ1) is 15.4.